The Balaban J connectivity index is 1.31. The Hall–Kier alpha value is -6.95. The molecule has 222 valence electrons. The van der Waals surface area contributed by atoms with Gasteiger partial charge in [0.15, 0.2) is 0 Å². The van der Waals surface area contributed by atoms with Crippen LogP contribution in [0.2, 0.25) is 0 Å². The smallest absolute Gasteiger partial charge is 0.148 e. The van der Waals surface area contributed by atoms with Gasteiger partial charge in [0, 0.05) is 44.6 Å². The summed E-state index contributed by atoms with van der Waals surface area (Å²) in [4.78, 5) is 4.49. The van der Waals surface area contributed by atoms with Gasteiger partial charge in [-0.25, -0.2) is 4.98 Å². The van der Waals surface area contributed by atoms with Gasteiger partial charge in [-0.15, -0.1) is 0 Å². The van der Waals surface area contributed by atoms with Gasteiger partial charge < -0.3 is 9.13 Å². The molecule has 3 aromatic heterocycles. The molecule has 9 aromatic rings. The van der Waals surface area contributed by atoms with Crippen LogP contribution in [-0.4, -0.2) is 14.1 Å². The van der Waals surface area contributed by atoms with E-state index in [0.29, 0.717) is 16.8 Å². The van der Waals surface area contributed by atoms with Crippen LogP contribution in [0, 0.1) is 22.7 Å². The number of benzene rings is 6. The number of hydrogen-bond donors (Lipinski definition) is 0. The summed E-state index contributed by atoms with van der Waals surface area (Å²) in [5, 5.41) is 25.2. The number of pyridine rings is 1. The Bertz CT molecular complexity index is 2790. The number of nitrogens with zero attached hydrogens (tertiary/aromatic N) is 5. The van der Waals surface area contributed by atoms with Crippen LogP contribution < -0.4 is 0 Å². The molecular formula is C43H25N5. The lowest BCUT2D eigenvalue weighted by Gasteiger charge is -2.13. The van der Waals surface area contributed by atoms with E-state index >= 15 is 0 Å². The van der Waals surface area contributed by atoms with Crippen molar-refractivity contribution in [3.63, 3.8) is 0 Å². The van der Waals surface area contributed by atoms with Crippen molar-refractivity contribution >= 4 is 43.6 Å². The van der Waals surface area contributed by atoms with Gasteiger partial charge in [0.2, 0.25) is 0 Å². The Morgan fingerprint density at radius 2 is 1.08 bits per heavy atom. The van der Waals surface area contributed by atoms with E-state index in [1.165, 1.54) is 10.8 Å². The second-order valence-corrected chi connectivity index (χ2v) is 11.9. The minimum absolute atomic E-state index is 0.319. The summed E-state index contributed by atoms with van der Waals surface area (Å²) in [6.45, 7) is 0. The van der Waals surface area contributed by atoms with Crippen LogP contribution in [0.4, 0.5) is 0 Å². The van der Waals surface area contributed by atoms with Gasteiger partial charge in [-0.2, -0.15) is 10.5 Å². The second-order valence-electron chi connectivity index (χ2n) is 11.9. The molecule has 0 radical (unpaired) electrons. The molecule has 9 rings (SSSR count). The van der Waals surface area contributed by atoms with Gasteiger partial charge in [-0.05, 0) is 65.7 Å². The molecular weight excluding hydrogens is 587 g/mol. The maximum atomic E-state index is 10.6. The normalized spacial score (nSPS) is 11.3. The molecule has 0 amide bonds. The molecule has 48 heavy (non-hydrogen) atoms. The Morgan fingerprint density at radius 1 is 0.458 bits per heavy atom. The monoisotopic (exact) mass is 611 g/mol. The quantitative estimate of drug-likeness (QED) is 0.199. The standard InChI is InChI=1S/C43H25N5/c44-25-30-21-29(35-22-31(27-46-38(35)26-45)28-11-3-1-4-12-28)19-20-39(30)48-41-18-10-8-16-34(41)37-23-36-33-15-7-9-17-40(33)47(42(36)24-43(37)48)32-13-5-2-6-14-32/h1-24,27H. The summed E-state index contributed by atoms with van der Waals surface area (Å²) in [5.74, 6) is 0. The third-order valence-corrected chi connectivity index (χ3v) is 9.25. The largest absolute Gasteiger partial charge is 0.309 e. The molecule has 0 aliphatic rings. The molecule has 0 bridgehead atoms. The molecule has 0 saturated carbocycles. The molecule has 6 aromatic carbocycles. The molecule has 0 unspecified atom stereocenters. The van der Waals surface area contributed by atoms with Gasteiger partial charge in [-0.3, -0.25) is 0 Å². The molecule has 0 N–H and O–H groups in total. The van der Waals surface area contributed by atoms with Crippen molar-refractivity contribution in [3.8, 4) is 45.8 Å². The van der Waals surface area contributed by atoms with Crippen molar-refractivity contribution in [3.05, 3.63) is 163 Å². The predicted molar refractivity (Wildman–Crippen MR) is 193 cm³/mol. The first-order chi connectivity index (χ1) is 23.7. The van der Waals surface area contributed by atoms with Crippen LogP contribution in [0.25, 0.3) is 77.2 Å². The third-order valence-electron chi connectivity index (χ3n) is 9.25. The van der Waals surface area contributed by atoms with E-state index < -0.39 is 0 Å². The van der Waals surface area contributed by atoms with Gasteiger partial charge in [-0.1, -0.05) is 91.0 Å². The fourth-order valence-corrected chi connectivity index (χ4v) is 7.10. The summed E-state index contributed by atoms with van der Waals surface area (Å²) in [7, 11) is 0. The third kappa shape index (κ3) is 4.13. The van der Waals surface area contributed by atoms with Crippen LogP contribution in [0.1, 0.15) is 11.3 Å². The van der Waals surface area contributed by atoms with Crippen molar-refractivity contribution < 1.29 is 0 Å². The average molecular weight is 612 g/mol. The number of aromatic nitrogens is 3. The molecule has 5 heteroatoms. The lowest BCUT2D eigenvalue weighted by Crippen LogP contribution is -1.99. The van der Waals surface area contributed by atoms with Crippen LogP contribution in [0.15, 0.2) is 152 Å². The van der Waals surface area contributed by atoms with Crippen molar-refractivity contribution in [2.24, 2.45) is 0 Å². The fourth-order valence-electron chi connectivity index (χ4n) is 7.10. The van der Waals surface area contributed by atoms with Gasteiger partial charge in [0.05, 0.1) is 33.3 Å². The van der Waals surface area contributed by atoms with E-state index in [2.05, 4.69) is 105 Å². The van der Waals surface area contributed by atoms with Gasteiger partial charge >= 0.3 is 0 Å². The number of nitriles is 2. The number of rotatable bonds is 4. The predicted octanol–water partition coefficient (Wildman–Crippen LogP) is 10.4. The van der Waals surface area contributed by atoms with E-state index in [-0.39, 0.29) is 0 Å². The summed E-state index contributed by atoms with van der Waals surface area (Å²) in [6.07, 6.45) is 1.73. The average Bonchev–Trinajstić information content (AvgIpc) is 3.66. The number of para-hydroxylation sites is 3. The highest BCUT2D eigenvalue weighted by atomic mass is 15.0. The van der Waals surface area contributed by atoms with Gasteiger partial charge in [0.25, 0.3) is 0 Å². The first kappa shape index (κ1) is 27.4. The van der Waals surface area contributed by atoms with E-state index in [0.717, 1.165) is 60.9 Å². The minimum Gasteiger partial charge on any atom is -0.309 e. The highest BCUT2D eigenvalue weighted by molar-refractivity contribution is 6.19. The summed E-state index contributed by atoms with van der Waals surface area (Å²) < 4.78 is 4.51. The van der Waals surface area contributed by atoms with E-state index in [1.807, 2.05) is 66.7 Å². The lowest BCUT2D eigenvalue weighted by molar-refractivity contribution is 1.16. The summed E-state index contributed by atoms with van der Waals surface area (Å²) in [5.41, 5.74) is 10.3. The zero-order valence-electron chi connectivity index (χ0n) is 25.7. The number of hydrogen-bond acceptors (Lipinski definition) is 3. The maximum Gasteiger partial charge on any atom is 0.148 e. The minimum atomic E-state index is 0.319. The molecule has 3 heterocycles. The second kappa shape index (κ2) is 10.8. The molecule has 0 fully saturated rings. The Kier molecular flexibility index (Phi) is 6.18. The SMILES string of the molecule is N#Cc1cc(-c2cc(-c3ccccc3)cnc2C#N)ccc1-n1c2ccccc2c2cc3c4ccccc4n(-c4ccccc4)c3cc21. The van der Waals surface area contributed by atoms with E-state index in [4.69, 9.17) is 0 Å². The van der Waals surface area contributed by atoms with Crippen LogP contribution in [0.5, 0.6) is 0 Å². The number of fused-ring (bicyclic) bond motifs is 6. The topological polar surface area (TPSA) is 70.3 Å². The van der Waals surface area contributed by atoms with E-state index in [1.54, 1.807) is 6.20 Å². The zero-order chi connectivity index (χ0) is 32.2. The van der Waals surface area contributed by atoms with Crippen LogP contribution in [0.3, 0.4) is 0 Å². The molecule has 0 spiro atoms. The molecule has 0 atom stereocenters. The highest BCUT2D eigenvalue weighted by Crippen LogP contribution is 2.40. The molecule has 5 nitrogen and oxygen atoms in total. The van der Waals surface area contributed by atoms with Crippen molar-refractivity contribution in [2.75, 3.05) is 0 Å². The molecule has 0 aliphatic heterocycles. The van der Waals surface area contributed by atoms with Gasteiger partial charge in [0.1, 0.15) is 17.8 Å². The molecule has 0 saturated heterocycles. The van der Waals surface area contributed by atoms with Crippen LogP contribution in [-0.2, 0) is 0 Å². The van der Waals surface area contributed by atoms with Crippen molar-refractivity contribution in [2.45, 2.75) is 0 Å². The molecule has 0 aliphatic carbocycles. The zero-order valence-corrected chi connectivity index (χ0v) is 25.7. The van der Waals surface area contributed by atoms with E-state index in [9.17, 15) is 10.5 Å². The summed E-state index contributed by atoms with van der Waals surface area (Å²) >= 11 is 0. The Labute approximate surface area is 276 Å². The highest BCUT2D eigenvalue weighted by Gasteiger charge is 2.20. The van der Waals surface area contributed by atoms with Crippen LogP contribution >= 0.6 is 0 Å². The first-order valence-electron chi connectivity index (χ1n) is 15.8. The maximum absolute atomic E-state index is 10.6. The van der Waals surface area contributed by atoms with Crippen molar-refractivity contribution in [1.82, 2.24) is 14.1 Å². The lowest BCUT2D eigenvalue weighted by atomic mass is 9.97. The fraction of sp³-hybridized carbons (Fsp3) is 0. The Morgan fingerprint density at radius 3 is 1.77 bits per heavy atom. The van der Waals surface area contributed by atoms with Crippen molar-refractivity contribution in [1.29, 1.82) is 10.5 Å². The first-order valence-corrected chi connectivity index (χ1v) is 15.8. The summed E-state index contributed by atoms with van der Waals surface area (Å²) in [6, 6.07) is 54.4.